The molecule has 1 aliphatic rings. The smallest absolute Gasteiger partial charge is 0.416 e. The Balaban J connectivity index is 1.89. The van der Waals surface area contributed by atoms with E-state index < -0.39 is 42.3 Å². The second kappa shape index (κ2) is 10.2. The normalized spacial score (nSPS) is 18.6. The van der Waals surface area contributed by atoms with E-state index in [2.05, 4.69) is 0 Å². The Morgan fingerprint density at radius 1 is 1.26 bits per heavy atom. The summed E-state index contributed by atoms with van der Waals surface area (Å²) >= 11 is 5.97. The van der Waals surface area contributed by atoms with Gasteiger partial charge in [0.2, 0.25) is 8.03 Å². The fourth-order valence-electron chi connectivity index (χ4n) is 3.27. The zero-order valence-electron chi connectivity index (χ0n) is 18.4. The van der Waals surface area contributed by atoms with Gasteiger partial charge in [-0.05, 0) is 38.5 Å². The molecule has 34 heavy (non-hydrogen) atoms. The van der Waals surface area contributed by atoms with Gasteiger partial charge in [0.1, 0.15) is 22.9 Å². The first-order valence-electron chi connectivity index (χ1n) is 10.2. The second-order valence-electron chi connectivity index (χ2n) is 7.88. The summed E-state index contributed by atoms with van der Waals surface area (Å²) in [6, 6.07) is 4.96. The Morgan fingerprint density at radius 2 is 1.97 bits per heavy atom. The minimum atomic E-state index is -4.59. The molecule has 0 N–H and O–H groups in total. The minimum Gasteiger partial charge on any atom is -0.455 e. The van der Waals surface area contributed by atoms with Crippen molar-refractivity contribution in [3.8, 4) is 11.5 Å². The number of nitrogens with zero attached hydrogens (tertiary/aromatic N) is 1. The lowest BCUT2D eigenvalue weighted by molar-refractivity contribution is -0.383. The molecule has 0 spiro atoms. The largest absolute Gasteiger partial charge is 0.455 e. The molecule has 3 rings (SSSR count). The van der Waals surface area contributed by atoms with Crippen LogP contribution in [0.15, 0.2) is 30.3 Å². The Kier molecular flexibility index (Phi) is 7.94. The molecule has 2 aromatic carbocycles. The van der Waals surface area contributed by atoms with Crippen molar-refractivity contribution < 1.29 is 41.4 Å². The maximum Gasteiger partial charge on any atom is 0.416 e. The van der Waals surface area contributed by atoms with Crippen LogP contribution in [0.3, 0.4) is 0 Å². The van der Waals surface area contributed by atoms with E-state index in [0.717, 1.165) is 12.1 Å². The molecule has 0 aliphatic carbocycles. The molecule has 8 nitrogen and oxygen atoms in total. The van der Waals surface area contributed by atoms with Gasteiger partial charge >= 0.3 is 6.18 Å². The van der Waals surface area contributed by atoms with Crippen molar-refractivity contribution in [1.82, 2.24) is 0 Å². The highest BCUT2D eigenvalue weighted by Crippen LogP contribution is 2.39. The molecule has 2 atom stereocenters. The second-order valence-corrected chi connectivity index (χ2v) is 9.69. The van der Waals surface area contributed by atoms with Crippen LogP contribution in [0.1, 0.15) is 31.9 Å². The molecule has 1 heterocycles. The lowest BCUT2D eigenvalue weighted by atomic mass is 10.1. The predicted molar refractivity (Wildman–Crippen MR) is 118 cm³/mol. The zero-order valence-corrected chi connectivity index (χ0v) is 20.2. The lowest BCUT2D eigenvalue weighted by Crippen LogP contribution is -2.23. The van der Waals surface area contributed by atoms with Crippen LogP contribution in [-0.4, -0.2) is 30.0 Å². The van der Waals surface area contributed by atoms with Gasteiger partial charge in [-0.1, -0.05) is 18.5 Å². The maximum atomic E-state index is 12.9. The van der Waals surface area contributed by atoms with Gasteiger partial charge in [-0.2, -0.15) is 13.2 Å². The predicted octanol–water partition coefficient (Wildman–Crippen LogP) is 5.89. The van der Waals surface area contributed by atoms with Crippen molar-refractivity contribution in [1.29, 1.82) is 0 Å². The molecule has 0 saturated carbocycles. The van der Waals surface area contributed by atoms with Crippen molar-refractivity contribution >= 4 is 30.6 Å². The van der Waals surface area contributed by atoms with Crippen molar-refractivity contribution in [2.24, 2.45) is 0 Å². The number of nitro groups is 1. The van der Waals surface area contributed by atoms with Crippen molar-refractivity contribution in [3.05, 3.63) is 56.6 Å². The van der Waals surface area contributed by atoms with Crippen LogP contribution in [0, 0.1) is 10.1 Å². The number of benzene rings is 2. The molecule has 0 aromatic heterocycles. The summed E-state index contributed by atoms with van der Waals surface area (Å²) in [7, 11) is -3.13. The van der Waals surface area contributed by atoms with Crippen LogP contribution in [0.25, 0.3) is 0 Å². The van der Waals surface area contributed by atoms with Crippen molar-refractivity contribution in [2.45, 2.75) is 45.3 Å². The molecule has 1 fully saturated rings. The number of rotatable bonds is 8. The van der Waals surface area contributed by atoms with E-state index in [1.807, 2.05) is 0 Å². The average molecular weight is 524 g/mol. The highest BCUT2D eigenvalue weighted by molar-refractivity contribution is 7.48. The summed E-state index contributed by atoms with van der Waals surface area (Å²) in [5, 5.41) is 11.1. The van der Waals surface area contributed by atoms with Gasteiger partial charge in [-0.15, -0.1) is 0 Å². The molecule has 2 unspecified atom stereocenters. The van der Waals surface area contributed by atoms with E-state index >= 15 is 0 Å². The minimum absolute atomic E-state index is 0.0632. The number of halogens is 4. The molecule has 0 bridgehead atoms. The molecular formula is C21H22ClF3NO7P. The molecule has 0 amide bonds. The third-order valence-electron chi connectivity index (χ3n) is 4.92. The van der Waals surface area contributed by atoms with E-state index in [1.54, 1.807) is 20.8 Å². The lowest BCUT2D eigenvalue weighted by Gasteiger charge is -2.17. The van der Waals surface area contributed by atoms with Crippen LogP contribution in [0.2, 0.25) is 5.02 Å². The fraction of sp³-hybridized carbons (Fsp3) is 0.429. The van der Waals surface area contributed by atoms with Gasteiger partial charge in [0.15, 0.2) is 5.79 Å². The van der Waals surface area contributed by atoms with Crippen LogP contribution in [-0.2, 0) is 31.2 Å². The monoisotopic (exact) mass is 523 g/mol. The highest BCUT2D eigenvalue weighted by Gasteiger charge is 2.34. The van der Waals surface area contributed by atoms with Crippen LogP contribution >= 0.6 is 19.6 Å². The highest BCUT2D eigenvalue weighted by atomic mass is 35.5. The maximum absolute atomic E-state index is 12.9. The number of nitro benzene ring substituents is 1. The molecule has 1 saturated heterocycles. The van der Waals surface area contributed by atoms with Gasteiger partial charge in [0, 0.05) is 17.7 Å². The first-order chi connectivity index (χ1) is 15.8. The summed E-state index contributed by atoms with van der Waals surface area (Å²) in [5.41, 5.74) is -1.00. The average Bonchev–Trinajstić information content (AvgIpc) is 3.10. The van der Waals surface area contributed by atoms with Crippen molar-refractivity contribution in [2.75, 3.05) is 13.2 Å². The molecule has 1 aliphatic heterocycles. The van der Waals surface area contributed by atoms with Gasteiger partial charge in [0.25, 0.3) is 5.69 Å². The Bertz CT molecular complexity index is 1110. The first kappa shape index (κ1) is 26.4. The van der Waals surface area contributed by atoms with Gasteiger partial charge < -0.3 is 18.7 Å². The van der Waals surface area contributed by atoms with Crippen LogP contribution in [0.5, 0.6) is 11.5 Å². The fourth-order valence-corrected chi connectivity index (χ4v) is 4.60. The molecule has 0 radical (unpaired) electrons. The number of hydrogen-bond donors (Lipinski definition) is 0. The molecule has 186 valence electrons. The van der Waals surface area contributed by atoms with Crippen molar-refractivity contribution in [3.63, 3.8) is 0 Å². The SMILES string of the molecule is CCc1cc([N+](=O)[O-])c([PH](=O)OCC2COC(C)(C)O2)cc1Oc1ccc(C(F)(F)F)cc1Cl. The molecular weight excluding hydrogens is 502 g/mol. The first-order valence-corrected chi connectivity index (χ1v) is 11.8. The third kappa shape index (κ3) is 6.28. The zero-order chi connectivity index (χ0) is 25.3. The standard InChI is InChI=1S/C21H22ClF3NO7P/c1-4-12-7-16(26(27)28)19(34(29)31-11-14-10-30-20(2,3)33-14)9-18(12)32-17-6-5-13(8-15(17)22)21(23,24)25/h5-9,14,34H,4,10-11H2,1-3H3. The Labute approximate surface area is 198 Å². The van der Waals surface area contributed by atoms with Gasteiger partial charge in [-0.25, -0.2) is 0 Å². The summed E-state index contributed by atoms with van der Waals surface area (Å²) in [6.45, 7) is 5.22. The van der Waals surface area contributed by atoms with E-state index in [-0.39, 0.29) is 35.0 Å². The van der Waals surface area contributed by atoms with Gasteiger partial charge in [-0.3, -0.25) is 14.7 Å². The summed E-state index contributed by atoms with van der Waals surface area (Å²) in [4.78, 5) is 10.9. The van der Waals surface area contributed by atoms with Gasteiger partial charge in [0.05, 0.1) is 28.7 Å². The summed E-state index contributed by atoms with van der Waals surface area (Å²) in [6.07, 6.45) is -4.80. The number of alkyl halides is 3. The van der Waals surface area contributed by atoms with E-state index in [1.165, 1.54) is 12.1 Å². The van der Waals surface area contributed by atoms with Crippen LogP contribution in [0.4, 0.5) is 18.9 Å². The topological polar surface area (TPSA) is 97.1 Å². The number of ether oxygens (including phenoxy) is 3. The Morgan fingerprint density at radius 3 is 2.50 bits per heavy atom. The third-order valence-corrected chi connectivity index (χ3v) is 6.49. The van der Waals surface area contributed by atoms with Crippen LogP contribution < -0.4 is 10.0 Å². The quantitative estimate of drug-likeness (QED) is 0.242. The van der Waals surface area contributed by atoms with E-state index in [0.29, 0.717) is 18.1 Å². The molecule has 13 heteroatoms. The number of hydrogen-bond acceptors (Lipinski definition) is 7. The molecule has 2 aromatic rings. The van der Waals surface area contributed by atoms with E-state index in [4.69, 9.17) is 30.3 Å². The Hall–Kier alpha value is -2.17. The summed E-state index contributed by atoms with van der Waals surface area (Å²) < 4.78 is 73.6. The summed E-state index contributed by atoms with van der Waals surface area (Å²) in [5.74, 6) is -0.850. The number of aryl methyl sites for hydroxylation is 1. The van der Waals surface area contributed by atoms with E-state index in [9.17, 15) is 27.9 Å².